The number of esters is 1. The molecule has 0 amide bonds. The second kappa shape index (κ2) is 6.90. The van der Waals surface area contributed by atoms with Crippen molar-refractivity contribution in [3.05, 3.63) is 48.6 Å². The minimum absolute atomic E-state index is 0.0409. The quantitative estimate of drug-likeness (QED) is 0.389. The van der Waals surface area contributed by atoms with Crippen molar-refractivity contribution in [1.82, 2.24) is 15.1 Å². The zero-order chi connectivity index (χ0) is 15.2. The summed E-state index contributed by atoms with van der Waals surface area (Å²) in [5.41, 5.74) is 0.515. The van der Waals surface area contributed by atoms with Gasteiger partial charge in [0, 0.05) is 18.5 Å². The van der Waals surface area contributed by atoms with Crippen LogP contribution in [0.1, 0.15) is 5.69 Å². The van der Waals surface area contributed by atoms with Gasteiger partial charge >= 0.3 is 5.97 Å². The van der Waals surface area contributed by atoms with E-state index < -0.39 is 0 Å². The highest BCUT2D eigenvalue weighted by atomic mass is 32.2. The van der Waals surface area contributed by atoms with Gasteiger partial charge in [-0.2, -0.15) is 0 Å². The molecular formula is C14H11N3O4S. The van der Waals surface area contributed by atoms with Crippen LogP contribution in [0.5, 0.6) is 0 Å². The number of carbonyl (C=O) groups is 1. The monoisotopic (exact) mass is 317 g/mol. The Kier molecular flexibility index (Phi) is 4.50. The SMILES string of the molecule is O=C(CSc1ncccn1)OCc1cc(-c2ccco2)on1. The van der Waals surface area contributed by atoms with Crippen LogP contribution in [0.25, 0.3) is 11.5 Å². The molecule has 3 rings (SSSR count). The van der Waals surface area contributed by atoms with E-state index in [1.807, 2.05) is 0 Å². The third-order valence-corrected chi connectivity index (χ3v) is 3.41. The van der Waals surface area contributed by atoms with Crippen molar-refractivity contribution in [2.75, 3.05) is 5.75 Å². The minimum atomic E-state index is -0.375. The van der Waals surface area contributed by atoms with Crippen molar-refractivity contribution >= 4 is 17.7 Å². The molecule has 0 aliphatic carbocycles. The van der Waals surface area contributed by atoms with E-state index in [0.29, 0.717) is 22.4 Å². The Bertz CT molecular complexity index is 728. The second-order valence-corrected chi connectivity index (χ2v) is 5.08. The third-order valence-electron chi connectivity index (χ3n) is 2.57. The number of furan rings is 1. The molecule has 0 atom stereocenters. The van der Waals surface area contributed by atoms with Crippen molar-refractivity contribution in [1.29, 1.82) is 0 Å². The van der Waals surface area contributed by atoms with Gasteiger partial charge in [0.2, 0.25) is 5.76 Å². The van der Waals surface area contributed by atoms with Crippen LogP contribution >= 0.6 is 11.8 Å². The maximum absolute atomic E-state index is 11.6. The Balaban J connectivity index is 1.47. The first-order chi connectivity index (χ1) is 10.8. The molecule has 0 N–H and O–H groups in total. The molecular weight excluding hydrogens is 306 g/mol. The van der Waals surface area contributed by atoms with Gasteiger partial charge in [0.1, 0.15) is 12.3 Å². The van der Waals surface area contributed by atoms with Crippen molar-refractivity contribution in [2.45, 2.75) is 11.8 Å². The highest BCUT2D eigenvalue weighted by molar-refractivity contribution is 7.99. The molecule has 0 spiro atoms. The zero-order valence-corrected chi connectivity index (χ0v) is 12.2. The molecule has 0 bridgehead atoms. The van der Waals surface area contributed by atoms with Crippen LogP contribution in [0, 0.1) is 0 Å². The standard InChI is InChI=1S/C14H11N3O4S/c18-13(9-22-14-15-4-2-5-16-14)20-8-10-7-12(21-17-10)11-3-1-6-19-11/h1-7H,8-9H2. The first-order valence-electron chi connectivity index (χ1n) is 6.36. The minimum Gasteiger partial charge on any atom is -0.461 e. The molecule has 0 saturated carbocycles. The molecule has 0 aliphatic heterocycles. The first kappa shape index (κ1) is 14.3. The lowest BCUT2D eigenvalue weighted by Crippen LogP contribution is -2.07. The van der Waals surface area contributed by atoms with Gasteiger partial charge in [-0.25, -0.2) is 9.97 Å². The van der Waals surface area contributed by atoms with Crippen LogP contribution in [0.15, 0.2) is 57.0 Å². The number of carbonyl (C=O) groups excluding carboxylic acids is 1. The van der Waals surface area contributed by atoms with Gasteiger partial charge in [-0.1, -0.05) is 16.9 Å². The van der Waals surface area contributed by atoms with E-state index in [9.17, 15) is 4.79 Å². The van der Waals surface area contributed by atoms with Crippen molar-refractivity contribution in [3.63, 3.8) is 0 Å². The molecule has 3 heterocycles. The Morgan fingerprint density at radius 1 is 1.23 bits per heavy atom. The summed E-state index contributed by atoms with van der Waals surface area (Å²) in [4.78, 5) is 19.7. The first-order valence-corrected chi connectivity index (χ1v) is 7.35. The molecule has 0 fully saturated rings. The van der Waals surface area contributed by atoms with Crippen molar-refractivity contribution < 1.29 is 18.5 Å². The van der Waals surface area contributed by atoms with Crippen LogP contribution < -0.4 is 0 Å². The predicted molar refractivity (Wildman–Crippen MR) is 76.8 cm³/mol. The Labute approximate surface area is 129 Å². The molecule has 3 aromatic heterocycles. The fourth-order valence-corrected chi connectivity index (χ4v) is 2.20. The summed E-state index contributed by atoms with van der Waals surface area (Å²) in [7, 11) is 0. The van der Waals surface area contributed by atoms with Gasteiger partial charge in [-0.05, 0) is 18.2 Å². The Morgan fingerprint density at radius 2 is 2.09 bits per heavy atom. The van der Waals surface area contributed by atoms with Gasteiger partial charge in [-0.3, -0.25) is 4.79 Å². The maximum atomic E-state index is 11.6. The molecule has 0 saturated heterocycles. The van der Waals surface area contributed by atoms with Crippen LogP contribution in [-0.4, -0.2) is 26.8 Å². The number of thioether (sulfide) groups is 1. The topological polar surface area (TPSA) is 91.2 Å². The number of aromatic nitrogens is 3. The van der Waals surface area contributed by atoms with Gasteiger partial charge in [-0.15, -0.1) is 0 Å². The predicted octanol–water partition coefficient (Wildman–Crippen LogP) is 2.56. The molecule has 8 heteroatoms. The summed E-state index contributed by atoms with van der Waals surface area (Å²) in [6.07, 6.45) is 4.78. The highest BCUT2D eigenvalue weighted by Gasteiger charge is 2.11. The van der Waals surface area contributed by atoms with Gasteiger partial charge in [0.05, 0.1) is 12.0 Å². The summed E-state index contributed by atoms with van der Waals surface area (Å²) in [5, 5.41) is 4.35. The lowest BCUT2D eigenvalue weighted by atomic mass is 10.3. The van der Waals surface area contributed by atoms with Crippen LogP contribution in [0.2, 0.25) is 0 Å². The van der Waals surface area contributed by atoms with Crippen LogP contribution in [0.4, 0.5) is 0 Å². The third kappa shape index (κ3) is 3.73. The van der Waals surface area contributed by atoms with Crippen LogP contribution in [-0.2, 0) is 16.1 Å². The van der Waals surface area contributed by atoms with Crippen LogP contribution in [0.3, 0.4) is 0 Å². The summed E-state index contributed by atoms with van der Waals surface area (Å²) in [6.45, 7) is 0.0409. The summed E-state index contributed by atoms with van der Waals surface area (Å²) >= 11 is 1.21. The van der Waals surface area contributed by atoms with E-state index in [1.165, 1.54) is 11.8 Å². The van der Waals surface area contributed by atoms with E-state index >= 15 is 0 Å². The number of nitrogens with zero attached hydrogens (tertiary/aromatic N) is 3. The summed E-state index contributed by atoms with van der Waals surface area (Å²) in [5.74, 6) is 0.817. The molecule has 0 aliphatic rings. The number of rotatable bonds is 6. The molecule has 3 aromatic rings. The van der Waals surface area contributed by atoms with E-state index in [1.54, 1.807) is 42.9 Å². The number of ether oxygens (including phenoxy) is 1. The van der Waals surface area contributed by atoms with Crippen molar-refractivity contribution in [2.24, 2.45) is 0 Å². The molecule has 0 unspecified atom stereocenters. The lowest BCUT2D eigenvalue weighted by molar-refractivity contribution is -0.141. The fourth-order valence-electron chi connectivity index (χ4n) is 1.59. The largest absolute Gasteiger partial charge is 0.461 e. The maximum Gasteiger partial charge on any atom is 0.316 e. The molecule has 7 nitrogen and oxygen atoms in total. The van der Waals surface area contributed by atoms with E-state index in [2.05, 4.69) is 15.1 Å². The average Bonchev–Trinajstić information content (AvgIpc) is 3.22. The van der Waals surface area contributed by atoms with Crippen molar-refractivity contribution in [3.8, 4) is 11.5 Å². The summed E-state index contributed by atoms with van der Waals surface area (Å²) in [6, 6.07) is 6.89. The fraction of sp³-hybridized carbons (Fsp3) is 0.143. The van der Waals surface area contributed by atoms with E-state index in [4.69, 9.17) is 13.7 Å². The lowest BCUT2D eigenvalue weighted by Gasteiger charge is -2.01. The number of hydrogen-bond acceptors (Lipinski definition) is 8. The normalized spacial score (nSPS) is 10.5. The van der Waals surface area contributed by atoms with Gasteiger partial charge < -0.3 is 13.7 Å². The Morgan fingerprint density at radius 3 is 2.86 bits per heavy atom. The number of hydrogen-bond donors (Lipinski definition) is 0. The van der Waals surface area contributed by atoms with Gasteiger partial charge in [0.15, 0.2) is 10.9 Å². The molecule has 112 valence electrons. The molecule has 22 heavy (non-hydrogen) atoms. The average molecular weight is 317 g/mol. The second-order valence-electron chi connectivity index (χ2n) is 4.14. The van der Waals surface area contributed by atoms with E-state index in [-0.39, 0.29) is 18.3 Å². The molecule has 0 aromatic carbocycles. The van der Waals surface area contributed by atoms with Gasteiger partial charge in [0.25, 0.3) is 0 Å². The van der Waals surface area contributed by atoms with E-state index in [0.717, 1.165) is 0 Å². The highest BCUT2D eigenvalue weighted by Crippen LogP contribution is 2.21. The smallest absolute Gasteiger partial charge is 0.316 e. The molecule has 0 radical (unpaired) electrons. The Hall–Kier alpha value is -2.61. The summed E-state index contributed by atoms with van der Waals surface area (Å²) < 4.78 is 15.4. The zero-order valence-electron chi connectivity index (χ0n) is 11.3.